The lowest BCUT2D eigenvalue weighted by atomic mass is 10.1. The molecule has 0 radical (unpaired) electrons. The van der Waals surface area contributed by atoms with Gasteiger partial charge in [0.15, 0.2) is 18.2 Å². The minimum Gasteiger partial charge on any atom is -0.470 e. The molecule has 0 unspecified atom stereocenters. The van der Waals surface area contributed by atoms with Crippen molar-refractivity contribution < 1.29 is 14.3 Å². The van der Waals surface area contributed by atoms with Gasteiger partial charge in [0.25, 0.3) is 5.91 Å². The molecule has 1 heterocycles. The number of ether oxygens (including phenoxy) is 1. The summed E-state index contributed by atoms with van der Waals surface area (Å²) in [6.07, 6.45) is 1.62. The van der Waals surface area contributed by atoms with Crippen molar-refractivity contribution in [2.45, 2.75) is 13.7 Å². The largest absolute Gasteiger partial charge is 0.470 e. The van der Waals surface area contributed by atoms with E-state index < -0.39 is 0 Å². The zero-order chi connectivity index (χ0) is 19.4. The van der Waals surface area contributed by atoms with E-state index in [1.165, 1.54) is 11.6 Å². The maximum Gasteiger partial charge on any atom is 0.276 e. The Kier molecular flexibility index (Phi) is 5.78. The quantitative estimate of drug-likeness (QED) is 0.606. The Labute approximate surface area is 165 Å². The third-order valence-corrected chi connectivity index (χ3v) is 4.49. The molecule has 0 fully saturated rings. The number of amides is 1. The highest BCUT2D eigenvalue weighted by molar-refractivity contribution is 6.42. The molecule has 0 aliphatic rings. The van der Waals surface area contributed by atoms with E-state index in [0.29, 0.717) is 27.0 Å². The highest BCUT2D eigenvalue weighted by Gasteiger charge is 2.11. The lowest BCUT2D eigenvalue weighted by Crippen LogP contribution is -2.14. The first kappa shape index (κ1) is 18.9. The van der Waals surface area contributed by atoms with E-state index in [1.807, 2.05) is 0 Å². The van der Waals surface area contributed by atoms with Gasteiger partial charge in [0.2, 0.25) is 0 Å². The fourth-order valence-electron chi connectivity index (χ4n) is 2.27. The molecule has 6 nitrogen and oxygen atoms in total. The second-order valence-corrected chi connectivity index (χ2v) is 6.44. The van der Waals surface area contributed by atoms with Crippen LogP contribution in [0.1, 0.15) is 27.8 Å². The molecule has 2 aromatic carbocycles. The first-order valence-electron chi connectivity index (χ1n) is 7.96. The Bertz CT molecular complexity index is 984. The molecule has 1 N–H and O–H groups in total. The van der Waals surface area contributed by atoms with Crippen LogP contribution in [0.15, 0.2) is 54.7 Å². The molecule has 0 atom stereocenters. The van der Waals surface area contributed by atoms with Gasteiger partial charge in [-0.3, -0.25) is 9.59 Å². The van der Waals surface area contributed by atoms with Crippen LogP contribution >= 0.6 is 23.2 Å². The van der Waals surface area contributed by atoms with Gasteiger partial charge in [-0.05, 0) is 49.4 Å². The molecule has 0 aliphatic heterocycles. The molecule has 3 aromatic rings. The number of carbonyl (C=O) groups excluding carboxylic acids is 2. The fourth-order valence-corrected chi connectivity index (χ4v) is 2.62. The molecule has 0 saturated heterocycles. The summed E-state index contributed by atoms with van der Waals surface area (Å²) < 4.78 is 7.03. The molecule has 27 heavy (non-hydrogen) atoms. The monoisotopic (exact) mass is 403 g/mol. The number of Topliss-reactive ketones (excluding diaryl/α,β-unsaturated/α-hetero) is 1. The third-order valence-electron chi connectivity index (χ3n) is 3.69. The van der Waals surface area contributed by atoms with Gasteiger partial charge in [0, 0.05) is 17.4 Å². The van der Waals surface area contributed by atoms with Crippen molar-refractivity contribution in [1.82, 2.24) is 9.78 Å². The number of nitrogens with one attached hydrogen (secondary N) is 1. The molecule has 138 valence electrons. The van der Waals surface area contributed by atoms with Gasteiger partial charge >= 0.3 is 0 Å². The maximum atomic E-state index is 12.3. The average Bonchev–Trinajstić information content (AvgIpc) is 3.12. The summed E-state index contributed by atoms with van der Waals surface area (Å²) in [5.74, 6) is 0.0211. The van der Waals surface area contributed by atoms with Crippen LogP contribution in [0.25, 0.3) is 0 Å². The zero-order valence-electron chi connectivity index (χ0n) is 14.3. The van der Waals surface area contributed by atoms with Crippen LogP contribution in [-0.2, 0) is 6.73 Å². The summed E-state index contributed by atoms with van der Waals surface area (Å²) in [7, 11) is 0. The highest BCUT2D eigenvalue weighted by Crippen LogP contribution is 2.31. The average molecular weight is 404 g/mol. The summed E-state index contributed by atoms with van der Waals surface area (Å²) in [5, 5.41) is 7.60. The Morgan fingerprint density at radius 3 is 2.56 bits per heavy atom. The van der Waals surface area contributed by atoms with Crippen LogP contribution in [0.4, 0.5) is 5.69 Å². The smallest absolute Gasteiger partial charge is 0.276 e. The van der Waals surface area contributed by atoms with Crippen molar-refractivity contribution in [2.75, 3.05) is 5.32 Å². The predicted molar refractivity (Wildman–Crippen MR) is 104 cm³/mol. The molecule has 0 aliphatic carbocycles. The van der Waals surface area contributed by atoms with E-state index in [9.17, 15) is 9.59 Å². The van der Waals surface area contributed by atoms with E-state index in [4.69, 9.17) is 27.9 Å². The van der Waals surface area contributed by atoms with Crippen LogP contribution in [-0.4, -0.2) is 21.5 Å². The van der Waals surface area contributed by atoms with Gasteiger partial charge < -0.3 is 10.1 Å². The molecule has 3 rings (SSSR count). The van der Waals surface area contributed by atoms with Crippen molar-refractivity contribution in [3.8, 4) is 5.75 Å². The SMILES string of the molecule is CC(=O)c1ccc(NC(=O)c2ccn(COc3cccc(Cl)c3Cl)n2)cc1. The van der Waals surface area contributed by atoms with E-state index in [2.05, 4.69) is 10.4 Å². The number of rotatable bonds is 6. The zero-order valence-corrected chi connectivity index (χ0v) is 15.8. The minimum atomic E-state index is -0.370. The fraction of sp³-hybridized carbons (Fsp3) is 0.105. The van der Waals surface area contributed by atoms with Crippen molar-refractivity contribution >= 4 is 40.6 Å². The molecule has 1 aromatic heterocycles. The second kappa shape index (κ2) is 8.24. The van der Waals surface area contributed by atoms with Gasteiger partial charge in [0.05, 0.1) is 5.02 Å². The number of halogens is 2. The summed E-state index contributed by atoms with van der Waals surface area (Å²) in [5.41, 5.74) is 1.38. The minimum absolute atomic E-state index is 0.0357. The lowest BCUT2D eigenvalue weighted by molar-refractivity contribution is 0.101. The van der Waals surface area contributed by atoms with Crippen LogP contribution in [0.5, 0.6) is 5.75 Å². The van der Waals surface area contributed by atoms with E-state index >= 15 is 0 Å². The van der Waals surface area contributed by atoms with Gasteiger partial charge in [-0.1, -0.05) is 29.3 Å². The van der Waals surface area contributed by atoms with Gasteiger partial charge in [-0.2, -0.15) is 5.10 Å². The van der Waals surface area contributed by atoms with Crippen molar-refractivity contribution in [3.05, 3.63) is 76.0 Å². The Hall–Kier alpha value is -2.83. The summed E-state index contributed by atoms with van der Waals surface area (Å²) in [6, 6.07) is 13.3. The number of carbonyl (C=O) groups is 2. The summed E-state index contributed by atoms with van der Waals surface area (Å²) in [4.78, 5) is 23.6. The first-order chi connectivity index (χ1) is 12.9. The number of ketones is 1. The molecule has 0 bridgehead atoms. The lowest BCUT2D eigenvalue weighted by Gasteiger charge is -2.08. The normalized spacial score (nSPS) is 10.5. The highest BCUT2D eigenvalue weighted by atomic mass is 35.5. The first-order valence-corrected chi connectivity index (χ1v) is 8.72. The number of benzene rings is 2. The number of aromatic nitrogens is 2. The van der Waals surface area contributed by atoms with Crippen LogP contribution in [0, 0.1) is 0 Å². The number of hydrogen-bond acceptors (Lipinski definition) is 4. The van der Waals surface area contributed by atoms with Crippen LogP contribution in [0.3, 0.4) is 0 Å². The van der Waals surface area contributed by atoms with Crippen molar-refractivity contribution in [1.29, 1.82) is 0 Å². The number of hydrogen-bond donors (Lipinski definition) is 1. The Morgan fingerprint density at radius 1 is 1.11 bits per heavy atom. The molecule has 0 saturated carbocycles. The van der Waals surface area contributed by atoms with Crippen molar-refractivity contribution in [3.63, 3.8) is 0 Å². The molecule has 8 heteroatoms. The molecular formula is C19H15Cl2N3O3. The van der Waals surface area contributed by atoms with Crippen LogP contribution < -0.4 is 10.1 Å². The molecular weight excluding hydrogens is 389 g/mol. The summed E-state index contributed by atoms with van der Waals surface area (Å²) in [6.45, 7) is 1.56. The van der Waals surface area contributed by atoms with Gasteiger partial charge in [-0.15, -0.1) is 0 Å². The van der Waals surface area contributed by atoms with E-state index in [1.54, 1.807) is 54.7 Å². The number of anilines is 1. The van der Waals surface area contributed by atoms with Crippen molar-refractivity contribution in [2.24, 2.45) is 0 Å². The van der Waals surface area contributed by atoms with Gasteiger partial charge in [0.1, 0.15) is 10.8 Å². The predicted octanol–water partition coefficient (Wildman–Crippen LogP) is 4.68. The Balaban J connectivity index is 1.62. The maximum absolute atomic E-state index is 12.3. The summed E-state index contributed by atoms with van der Waals surface area (Å²) >= 11 is 12.0. The third kappa shape index (κ3) is 4.67. The Morgan fingerprint density at radius 2 is 1.85 bits per heavy atom. The van der Waals surface area contributed by atoms with Gasteiger partial charge in [-0.25, -0.2) is 4.68 Å². The van der Waals surface area contributed by atoms with E-state index in [-0.39, 0.29) is 24.1 Å². The number of nitrogens with zero attached hydrogens (tertiary/aromatic N) is 2. The standard InChI is InChI=1S/C19H15Cl2N3O3/c1-12(25)13-5-7-14(8-6-13)22-19(26)16-9-10-24(23-16)11-27-17-4-2-3-15(20)18(17)21/h2-10H,11H2,1H3,(H,22,26). The van der Waals surface area contributed by atoms with Crippen LogP contribution in [0.2, 0.25) is 10.0 Å². The molecule has 0 spiro atoms. The molecule has 1 amide bonds. The second-order valence-electron chi connectivity index (χ2n) is 5.65. The van der Waals surface area contributed by atoms with E-state index in [0.717, 1.165) is 0 Å². The topological polar surface area (TPSA) is 73.2 Å².